The minimum absolute atomic E-state index is 0.0658. The SMILES string of the molecule is NCCS(=O)(=O)NC[C@@H]1CC[C@@H](c2ccc(Cl)cc2Cl)N(c2ccc(Cl)cc2)C1. The molecule has 1 saturated heterocycles. The average molecular weight is 477 g/mol. The van der Waals surface area contributed by atoms with Gasteiger partial charge in [0.1, 0.15) is 0 Å². The van der Waals surface area contributed by atoms with Crippen LogP contribution >= 0.6 is 34.8 Å². The molecule has 1 aliphatic heterocycles. The third-order valence-electron chi connectivity index (χ3n) is 5.14. The van der Waals surface area contributed by atoms with Gasteiger partial charge < -0.3 is 10.6 Å². The van der Waals surface area contributed by atoms with E-state index in [9.17, 15) is 8.42 Å². The lowest BCUT2D eigenvalue weighted by Gasteiger charge is -2.42. The monoisotopic (exact) mass is 475 g/mol. The Morgan fingerprint density at radius 3 is 2.38 bits per heavy atom. The summed E-state index contributed by atoms with van der Waals surface area (Å²) < 4.78 is 26.6. The molecular formula is C20H24Cl3N3O2S. The van der Waals surface area contributed by atoms with E-state index >= 15 is 0 Å². The molecule has 2 aromatic carbocycles. The Morgan fingerprint density at radius 1 is 1.03 bits per heavy atom. The van der Waals surface area contributed by atoms with Crippen LogP contribution < -0.4 is 15.4 Å². The molecule has 2 aromatic rings. The molecule has 5 nitrogen and oxygen atoms in total. The normalized spacial score (nSPS) is 20.1. The van der Waals surface area contributed by atoms with Gasteiger partial charge in [-0.15, -0.1) is 0 Å². The van der Waals surface area contributed by atoms with Crippen molar-refractivity contribution in [2.24, 2.45) is 11.7 Å². The van der Waals surface area contributed by atoms with Crippen molar-refractivity contribution in [3.63, 3.8) is 0 Å². The molecule has 2 atom stereocenters. The van der Waals surface area contributed by atoms with E-state index in [-0.39, 0.29) is 24.3 Å². The van der Waals surface area contributed by atoms with Crippen molar-refractivity contribution < 1.29 is 8.42 Å². The molecule has 0 amide bonds. The number of piperidine rings is 1. The summed E-state index contributed by atoms with van der Waals surface area (Å²) >= 11 is 18.6. The van der Waals surface area contributed by atoms with Crippen LogP contribution in [0.2, 0.25) is 15.1 Å². The fourth-order valence-electron chi connectivity index (χ4n) is 3.70. The molecule has 1 heterocycles. The van der Waals surface area contributed by atoms with Crippen molar-refractivity contribution >= 4 is 50.5 Å². The van der Waals surface area contributed by atoms with Crippen LogP contribution in [-0.4, -0.2) is 33.8 Å². The van der Waals surface area contributed by atoms with Crippen LogP contribution in [0.25, 0.3) is 0 Å². The maximum Gasteiger partial charge on any atom is 0.212 e. The largest absolute Gasteiger partial charge is 0.364 e. The standard InChI is InChI=1S/C20H24Cl3N3O2S/c21-15-2-5-17(6-3-15)26-13-14(12-25-29(27,28)10-9-24)1-8-20(26)18-7-4-16(22)11-19(18)23/h2-7,11,14,20,25H,1,8-10,12-13,24H2/t14-,20-/m0/s1. The van der Waals surface area contributed by atoms with Gasteiger partial charge in [-0.25, -0.2) is 13.1 Å². The maximum atomic E-state index is 12.0. The Morgan fingerprint density at radius 2 is 1.72 bits per heavy atom. The van der Waals surface area contributed by atoms with Crippen molar-refractivity contribution in [1.82, 2.24) is 4.72 Å². The van der Waals surface area contributed by atoms with Crippen LogP contribution in [0.3, 0.4) is 0 Å². The van der Waals surface area contributed by atoms with Crippen LogP contribution in [0.1, 0.15) is 24.4 Å². The van der Waals surface area contributed by atoms with E-state index in [1.165, 1.54) is 0 Å². The first-order chi connectivity index (χ1) is 13.8. The Labute approximate surface area is 187 Å². The maximum absolute atomic E-state index is 12.0. The summed E-state index contributed by atoms with van der Waals surface area (Å²) in [6.07, 6.45) is 1.71. The molecule has 0 aromatic heterocycles. The smallest absolute Gasteiger partial charge is 0.212 e. The van der Waals surface area contributed by atoms with Gasteiger partial charge in [-0.1, -0.05) is 40.9 Å². The molecule has 0 radical (unpaired) electrons. The zero-order chi connectivity index (χ0) is 21.0. The second kappa shape index (κ2) is 9.86. The van der Waals surface area contributed by atoms with Crippen LogP contribution in [0.4, 0.5) is 5.69 Å². The highest BCUT2D eigenvalue weighted by Crippen LogP contribution is 2.40. The summed E-state index contributed by atoms with van der Waals surface area (Å²) in [7, 11) is -3.34. The molecule has 158 valence electrons. The minimum atomic E-state index is -3.34. The van der Waals surface area contributed by atoms with E-state index < -0.39 is 10.0 Å². The molecule has 0 saturated carbocycles. The van der Waals surface area contributed by atoms with Crippen LogP contribution in [0, 0.1) is 5.92 Å². The fraction of sp³-hybridized carbons (Fsp3) is 0.400. The summed E-state index contributed by atoms with van der Waals surface area (Å²) in [4.78, 5) is 2.26. The molecule has 29 heavy (non-hydrogen) atoms. The van der Waals surface area contributed by atoms with Gasteiger partial charge >= 0.3 is 0 Å². The first-order valence-electron chi connectivity index (χ1n) is 9.43. The highest BCUT2D eigenvalue weighted by atomic mass is 35.5. The number of halogens is 3. The number of sulfonamides is 1. The van der Waals surface area contributed by atoms with E-state index in [4.69, 9.17) is 40.5 Å². The lowest BCUT2D eigenvalue weighted by molar-refractivity contribution is 0.358. The summed E-state index contributed by atoms with van der Waals surface area (Å²) in [5.74, 6) is 0.101. The molecule has 3 rings (SSSR count). The lowest BCUT2D eigenvalue weighted by Crippen LogP contribution is -2.43. The summed E-state index contributed by atoms with van der Waals surface area (Å²) in [6, 6.07) is 13.3. The van der Waals surface area contributed by atoms with Gasteiger partial charge in [-0.2, -0.15) is 0 Å². The molecule has 1 aliphatic rings. The highest BCUT2D eigenvalue weighted by molar-refractivity contribution is 7.89. The predicted octanol–water partition coefficient (Wildman–Crippen LogP) is 4.48. The van der Waals surface area contributed by atoms with Crippen LogP contribution in [0.15, 0.2) is 42.5 Å². The van der Waals surface area contributed by atoms with Gasteiger partial charge in [0, 0.05) is 40.4 Å². The van der Waals surface area contributed by atoms with Crippen LogP contribution in [0.5, 0.6) is 0 Å². The molecule has 0 bridgehead atoms. The molecular weight excluding hydrogens is 453 g/mol. The number of hydrogen-bond donors (Lipinski definition) is 2. The second-order valence-corrected chi connectivity index (χ2v) is 10.4. The topological polar surface area (TPSA) is 75.4 Å². The minimum Gasteiger partial charge on any atom is -0.364 e. The molecule has 3 N–H and O–H groups in total. The molecule has 1 fully saturated rings. The lowest BCUT2D eigenvalue weighted by atomic mass is 9.88. The van der Waals surface area contributed by atoms with Crippen LogP contribution in [-0.2, 0) is 10.0 Å². The molecule has 0 aliphatic carbocycles. The van der Waals surface area contributed by atoms with Crippen molar-refractivity contribution in [2.45, 2.75) is 18.9 Å². The van der Waals surface area contributed by atoms with E-state index in [1.807, 2.05) is 36.4 Å². The van der Waals surface area contributed by atoms with E-state index in [2.05, 4.69) is 9.62 Å². The third-order valence-corrected chi connectivity index (χ3v) is 7.33. The number of nitrogens with two attached hydrogens (primary N) is 1. The number of hydrogen-bond acceptors (Lipinski definition) is 4. The summed E-state index contributed by atoms with van der Waals surface area (Å²) in [6.45, 7) is 1.18. The second-order valence-electron chi connectivity index (χ2n) is 7.21. The van der Waals surface area contributed by atoms with Gasteiger partial charge in [0.15, 0.2) is 0 Å². The van der Waals surface area contributed by atoms with Gasteiger partial charge in [0.05, 0.1) is 11.8 Å². The molecule has 0 spiro atoms. The van der Waals surface area contributed by atoms with Gasteiger partial charge in [0.25, 0.3) is 0 Å². The fourth-order valence-corrected chi connectivity index (χ4v) is 5.30. The quantitative estimate of drug-likeness (QED) is 0.618. The highest BCUT2D eigenvalue weighted by Gasteiger charge is 2.31. The Bertz CT molecular complexity index is 938. The first-order valence-corrected chi connectivity index (χ1v) is 12.2. The van der Waals surface area contributed by atoms with Gasteiger partial charge in [-0.3, -0.25) is 0 Å². The predicted molar refractivity (Wildman–Crippen MR) is 122 cm³/mol. The van der Waals surface area contributed by atoms with Gasteiger partial charge in [-0.05, 0) is 60.7 Å². The van der Waals surface area contributed by atoms with Crippen molar-refractivity contribution in [1.29, 1.82) is 0 Å². The van der Waals surface area contributed by atoms with E-state index in [0.717, 1.165) is 24.1 Å². The number of nitrogens with one attached hydrogen (secondary N) is 1. The number of rotatable bonds is 7. The number of nitrogens with zero attached hydrogens (tertiary/aromatic N) is 1. The summed E-state index contributed by atoms with van der Waals surface area (Å²) in [5, 5.41) is 1.89. The first kappa shape index (κ1) is 22.7. The third kappa shape index (κ3) is 6.00. The van der Waals surface area contributed by atoms with Gasteiger partial charge in [0.2, 0.25) is 10.0 Å². The van der Waals surface area contributed by atoms with Crippen molar-refractivity contribution in [3.8, 4) is 0 Å². The number of benzene rings is 2. The zero-order valence-corrected chi connectivity index (χ0v) is 18.9. The Balaban J connectivity index is 1.83. The Kier molecular flexibility index (Phi) is 7.70. The van der Waals surface area contributed by atoms with Crippen molar-refractivity contribution in [3.05, 3.63) is 63.1 Å². The molecule has 9 heteroatoms. The van der Waals surface area contributed by atoms with Crippen molar-refractivity contribution in [2.75, 3.05) is 30.3 Å². The average Bonchev–Trinajstić information content (AvgIpc) is 2.67. The zero-order valence-electron chi connectivity index (χ0n) is 15.8. The number of anilines is 1. The van der Waals surface area contributed by atoms with E-state index in [1.54, 1.807) is 6.07 Å². The summed E-state index contributed by atoms with van der Waals surface area (Å²) in [5.41, 5.74) is 7.40. The molecule has 0 unspecified atom stereocenters. The van der Waals surface area contributed by atoms with E-state index in [0.29, 0.717) is 28.2 Å². The Hall–Kier alpha value is -1.02.